The van der Waals surface area contributed by atoms with Crippen molar-refractivity contribution < 1.29 is 118 Å². The zero-order valence-electron chi connectivity index (χ0n) is 40.1. The lowest BCUT2D eigenvalue weighted by Crippen LogP contribution is -2.63. The van der Waals surface area contributed by atoms with Crippen LogP contribution in [-0.4, -0.2) is 173 Å². The second-order valence-corrected chi connectivity index (χ2v) is 16.7. The Balaban J connectivity index is 0.000000523. The molecule has 2 heterocycles. The van der Waals surface area contributed by atoms with E-state index in [4.69, 9.17) is 56.8 Å². The number of nitrogens with zero attached hydrogens (tertiary/aromatic N) is 2. The van der Waals surface area contributed by atoms with E-state index in [1.165, 1.54) is 13.8 Å². The summed E-state index contributed by atoms with van der Waals surface area (Å²) in [6, 6.07) is 1.96. The smallest absolute Gasteiger partial charge is 0.303 e. The minimum atomic E-state index is -4.60. The average molecular weight is 1050 g/mol. The zero-order chi connectivity index (χ0) is 54.6. The van der Waals surface area contributed by atoms with Gasteiger partial charge in [-0.1, -0.05) is 0 Å². The Morgan fingerprint density at radius 2 is 0.917 bits per heavy atom. The molecular weight excluding hydrogens is 1000 g/mol. The third-order valence-electron chi connectivity index (χ3n) is 8.97. The molecule has 32 heteroatoms. The van der Waals surface area contributed by atoms with Gasteiger partial charge in [-0.05, 0) is 6.07 Å². The van der Waals surface area contributed by atoms with Crippen LogP contribution in [0, 0.1) is 20.2 Å². The SMILES string of the molecule is CC(=O)NCCO[C@@H]1OC(COC(C)=O)[C@@H](OC(C)=O)[C@H](OC(C)=O)C1OC(C)=O.CC(=O)OCC1O[C@@H](OCCNS(=O)(=O)c2ccc([N+](=O)[O-])cc2[N+](=O)[O-])C(OC(C)=O)[C@H](OC(C)=O)[C@@H]1OC(C)=O. The monoisotopic (exact) mass is 1050 g/mol. The molecule has 0 saturated carbocycles. The Labute approximate surface area is 409 Å². The van der Waals surface area contributed by atoms with Gasteiger partial charge in [-0.25, -0.2) is 13.1 Å². The molecule has 1 aromatic rings. The van der Waals surface area contributed by atoms with Gasteiger partial charge in [0.05, 0.1) is 29.1 Å². The Hall–Kier alpha value is -7.00. The number of benzene rings is 1. The fourth-order valence-corrected chi connectivity index (χ4v) is 7.63. The van der Waals surface area contributed by atoms with Crippen molar-refractivity contribution in [1.29, 1.82) is 0 Å². The number of esters is 8. The molecule has 0 spiro atoms. The molecule has 2 N–H and O–H groups in total. The van der Waals surface area contributed by atoms with E-state index in [-0.39, 0.29) is 25.7 Å². The number of ether oxygens (including phenoxy) is 12. The number of sulfonamides is 1. The number of hydrogen-bond donors (Lipinski definition) is 2. The van der Waals surface area contributed by atoms with Gasteiger partial charge in [0.15, 0.2) is 54.1 Å². The first-order valence-corrected chi connectivity index (χ1v) is 22.5. The van der Waals surface area contributed by atoms with Crippen molar-refractivity contribution in [3.05, 3.63) is 38.4 Å². The van der Waals surface area contributed by atoms with Crippen molar-refractivity contribution in [2.24, 2.45) is 0 Å². The van der Waals surface area contributed by atoms with Crippen LogP contribution in [-0.2, 0) is 110 Å². The summed E-state index contributed by atoms with van der Waals surface area (Å²) in [4.78, 5) is 123. The molecule has 2 saturated heterocycles. The Morgan fingerprint density at radius 3 is 1.26 bits per heavy atom. The van der Waals surface area contributed by atoms with Gasteiger partial charge in [-0.15, -0.1) is 0 Å². The van der Waals surface area contributed by atoms with Gasteiger partial charge in [-0.2, -0.15) is 0 Å². The molecule has 3 rings (SSSR count). The predicted octanol–water partition coefficient (Wildman–Crippen LogP) is -0.897. The molecule has 31 nitrogen and oxygen atoms in total. The van der Waals surface area contributed by atoms with Gasteiger partial charge in [0.25, 0.3) is 11.4 Å². The number of carbonyl (C=O) groups is 9. The van der Waals surface area contributed by atoms with Crippen molar-refractivity contribution >= 4 is 75.1 Å². The van der Waals surface area contributed by atoms with Crippen LogP contribution in [0.5, 0.6) is 0 Å². The normalized spacial score (nSPS) is 23.5. The third-order valence-corrected chi connectivity index (χ3v) is 10.5. The first kappa shape index (κ1) is 61.1. The maximum Gasteiger partial charge on any atom is 0.303 e. The molecule has 2 fully saturated rings. The first-order chi connectivity index (χ1) is 33.5. The predicted molar refractivity (Wildman–Crippen MR) is 229 cm³/mol. The Morgan fingerprint density at radius 1 is 0.542 bits per heavy atom. The van der Waals surface area contributed by atoms with Crippen LogP contribution >= 0.6 is 0 Å². The molecule has 10 atom stereocenters. The molecule has 72 heavy (non-hydrogen) atoms. The van der Waals surface area contributed by atoms with Crippen LogP contribution in [0.1, 0.15) is 62.3 Å². The van der Waals surface area contributed by atoms with Gasteiger partial charge in [0, 0.05) is 81.5 Å². The van der Waals surface area contributed by atoms with Crippen molar-refractivity contribution in [3.8, 4) is 0 Å². The Bertz CT molecular complexity index is 2280. The number of nitro groups is 2. The molecule has 2 aliphatic heterocycles. The fraction of sp³-hybridized carbons (Fsp3) is 0.625. The van der Waals surface area contributed by atoms with Gasteiger partial charge in [0.1, 0.15) is 25.4 Å². The number of rotatable bonds is 22. The fourth-order valence-electron chi connectivity index (χ4n) is 6.47. The van der Waals surface area contributed by atoms with Gasteiger partial charge >= 0.3 is 47.8 Å². The van der Waals surface area contributed by atoms with Crippen LogP contribution in [0.15, 0.2) is 23.1 Å². The zero-order valence-corrected chi connectivity index (χ0v) is 40.9. The number of non-ortho nitro benzene ring substituents is 1. The minimum Gasteiger partial charge on any atom is -0.463 e. The van der Waals surface area contributed by atoms with E-state index in [9.17, 15) is 71.8 Å². The molecule has 2 aliphatic rings. The number of carbonyl (C=O) groups excluding carboxylic acids is 9. The largest absolute Gasteiger partial charge is 0.463 e. The molecule has 0 bridgehead atoms. The summed E-state index contributed by atoms with van der Waals surface area (Å²) in [6.07, 6.45) is -13.6. The van der Waals surface area contributed by atoms with Crippen molar-refractivity contribution in [2.75, 3.05) is 39.5 Å². The van der Waals surface area contributed by atoms with E-state index in [0.29, 0.717) is 12.1 Å². The standard InChI is InChI=1S/C22H27N3O16S.C18H27NO11/c1-11(26)37-10-17-19(38-12(2)27)20(39-13(3)28)21(40-14(4)29)22(41-17)36-8-7-23-42(34,35)18-6-5-15(24(30)31)9-16(18)25(32)33;1-9(20)19-6-7-25-18-17(29-13(5)24)16(28-12(4)23)15(27-11(3)22)14(30-18)8-26-10(2)21/h5-6,9,17,19-23H,7-8,10H2,1-4H3;14-18H,6-8H2,1-5H3,(H,19,20)/t17?,19-,20-,21?,22-;14?,15-,16+,17?,18-/m11/s1. The molecule has 0 radical (unpaired) electrons. The van der Waals surface area contributed by atoms with E-state index >= 15 is 0 Å². The number of nitrogens with one attached hydrogen (secondary N) is 2. The summed E-state index contributed by atoms with van der Waals surface area (Å²) in [6.45, 7) is 8.19. The quantitative estimate of drug-likeness (QED) is 0.0467. The van der Waals surface area contributed by atoms with Gasteiger partial charge in [-0.3, -0.25) is 63.4 Å². The Kier molecular flexibility index (Phi) is 24.4. The summed E-state index contributed by atoms with van der Waals surface area (Å²) >= 11 is 0. The summed E-state index contributed by atoms with van der Waals surface area (Å²) in [5.41, 5.74) is -1.75. The molecule has 0 aromatic heterocycles. The summed E-state index contributed by atoms with van der Waals surface area (Å²) in [7, 11) is -4.60. The molecule has 402 valence electrons. The van der Waals surface area contributed by atoms with Gasteiger partial charge in [0.2, 0.25) is 15.9 Å². The lowest BCUT2D eigenvalue weighted by molar-refractivity contribution is -0.396. The highest BCUT2D eigenvalue weighted by atomic mass is 32.2. The minimum absolute atomic E-state index is 0.0344. The second-order valence-electron chi connectivity index (χ2n) is 14.9. The lowest BCUT2D eigenvalue weighted by atomic mass is 9.98. The maximum atomic E-state index is 12.7. The molecule has 1 aromatic carbocycles. The summed E-state index contributed by atoms with van der Waals surface area (Å²) in [5.74, 6) is -6.42. The van der Waals surface area contributed by atoms with E-state index in [1.54, 1.807) is 0 Å². The highest BCUT2D eigenvalue weighted by Gasteiger charge is 2.54. The van der Waals surface area contributed by atoms with Crippen LogP contribution in [0.4, 0.5) is 11.4 Å². The number of nitro benzene ring substituents is 2. The summed E-state index contributed by atoms with van der Waals surface area (Å²) in [5, 5.41) is 24.8. The molecule has 4 unspecified atom stereocenters. The van der Waals surface area contributed by atoms with Crippen LogP contribution in [0.25, 0.3) is 0 Å². The topological polar surface area (TPSA) is 409 Å². The van der Waals surface area contributed by atoms with Crippen molar-refractivity contribution in [2.45, 2.75) is 129 Å². The van der Waals surface area contributed by atoms with Crippen LogP contribution in [0.3, 0.4) is 0 Å². The highest BCUT2D eigenvalue weighted by Crippen LogP contribution is 2.32. The van der Waals surface area contributed by atoms with E-state index in [0.717, 1.165) is 54.5 Å². The summed E-state index contributed by atoms with van der Waals surface area (Å²) < 4.78 is 91.3. The second kappa shape index (κ2) is 28.7. The van der Waals surface area contributed by atoms with Crippen LogP contribution in [0.2, 0.25) is 0 Å². The van der Waals surface area contributed by atoms with Crippen molar-refractivity contribution in [3.63, 3.8) is 0 Å². The van der Waals surface area contributed by atoms with Crippen LogP contribution < -0.4 is 10.0 Å². The third kappa shape index (κ3) is 20.4. The van der Waals surface area contributed by atoms with E-state index in [1.807, 2.05) is 4.72 Å². The van der Waals surface area contributed by atoms with Gasteiger partial charge < -0.3 is 62.2 Å². The highest BCUT2D eigenvalue weighted by molar-refractivity contribution is 7.89. The first-order valence-electron chi connectivity index (χ1n) is 21.1. The lowest BCUT2D eigenvalue weighted by Gasteiger charge is -2.44. The number of amides is 1. The average Bonchev–Trinajstić information content (AvgIpc) is 3.25. The number of hydrogen-bond acceptors (Lipinski definition) is 27. The molecule has 1 amide bonds. The van der Waals surface area contributed by atoms with E-state index < -0.39 is 165 Å². The van der Waals surface area contributed by atoms with Crippen molar-refractivity contribution in [1.82, 2.24) is 10.0 Å². The maximum absolute atomic E-state index is 12.7. The van der Waals surface area contributed by atoms with E-state index in [2.05, 4.69) is 5.32 Å². The molecular formula is C40H54N4O27S. The molecule has 0 aliphatic carbocycles.